The summed E-state index contributed by atoms with van der Waals surface area (Å²) in [5.41, 5.74) is 3.12. The lowest BCUT2D eigenvalue weighted by Crippen LogP contribution is -2.15. The monoisotopic (exact) mass is 380 g/mol. The molecule has 4 aromatic rings. The summed E-state index contributed by atoms with van der Waals surface area (Å²) < 4.78 is 7.64. The van der Waals surface area contributed by atoms with Crippen LogP contribution in [0.4, 0.5) is 0 Å². The summed E-state index contributed by atoms with van der Waals surface area (Å²) in [4.78, 5) is 17.0. The zero-order chi connectivity index (χ0) is 18.8. The van der Waals surface area contributed by atoms with E-state index < -0.39 is 12.1 Å². The summed E-state index contributed by atoms with van der Waals surface area (Å²) in [6.45, 7) is 2.42. The van der Waals surface area contributed by atoms with E-state index in [-0.39, 0.29) is 0 Å². The molecule has 136 valence electrons. The molecule has 27 heavy (non-hydrogen) atoms. The Bertz CT molecular complexity index is 1070. The molecule has 1 atom stereocenters. The van der Waals surface area contributed by atoms with Crippen molar-refractivity contribution < 1.29 is 9.53 Å². The van der Waals surface area contributed by atoms with Gasteiger partial charge in [0.25, 0.3) is 0 Å². The third-order valence-corrected chi connectivity index (χ3v) is 4.53. The average molecular weight is 381 g/mol. The zero-order valence-electron chi connectivity index (χ0n) is 14.6. The third kappa shape index (κ3) is 3.57. The molecule has 0 aliphatic carbocycles. The number of esters is 1. The molecule has 1 N–H and O–H groups in total. The van der Waals surface area contributed by atoms with Gasteiger partial charge in [-0.3, -0.25) is 5.10 Å². The number of aromatic amines is 1. The second-order valence-electron chi connectivity index (χ2n) is 6.19. The Morgan fingerprint density at radius 3 is 2.78 bits per heavy atom. The van der Waals surface area contributed by atoms with E-state index in [1.54, 1.807) is 13.0 Å². The number of halogens is 1. The SMILES string of the molecule is CC(OC(=O)c1ccn[nH]1)c1nc2cc(Cl)ccc2n1Cc1ccccc1. The molecule has 6 nitrogen and oxygen atoms in total. The number of imidazole rings is 1. The van der Waals surface area contributed by atoms with Crippen LogP contribution in [0.15, 0.2) is 60.8 Å². The van der Waals surface area contributed by atoms with Crippen LogP contribution >= 0.6 is 11.6 Å². The second-order valence-corrected chi connectivity index (χ2v) is 6.63. The summed E-state index contributed by atoms with van der Waals surface area (Å²) in [6.07, 6.45) is 0.962. The molecule has 0 saturated heterocycles. The number of H-pyrrole nitrogens is 1. The summed E-state index contributed by atoms with van der Waals surface area (Å²) in [5.74, 6) is 0.181. The second kappa shape index (κ2) is 7.25. The maximum absolute atomic E-state index is 12.3. The molecule has 1 unspecified atom stereocenters. The molecule has 0 radical (unpaired) electrons. The number of carbonyl (C=O) groups excluding carboxylic acids is 1. The lowest BCUT2D eigenvalue weighted by molar-refractivity contribution is 0.0307. The van der Waals surface area contributed by atoms with Crippen LogP contribution in [-0.2, 0) is 11.3 Å². The number of fused-ring (bicyclic) bond motifs is 1. The van der Waals surface area contributed by atoms with Crippen molar-refractivity contribution in [3.63, 3.8) is 0 Å². The smallest absolute Gasteiger partial charge is 0.357 e. The Hall–Kier alpha value is -3.12. The van der Waals surface area contributed by atoms with E-state index in [9.17, 15) is 4.79 Å². The van der Waals surface area contributed by atoms with E-state index in [0.29, 0.717) is 23.1 Å². The van der Waals surface area contributed by atoms with Gasteiger partial charge in [0.15, 0.2) is 11.9 Å². The Labute approximate surface area is 160 Å². The highest BCUT2D eigenvalue weighted by Gasteiger charge is 2.21. The number of benzene rings is 2. The number of ether oxygens (including phenoxy) is 1. The normalized spacial score (nSPS) is 12.2. The van der Waals surface area contributed by atoms with Crippen molar-refractivity contribution in [2.45, 2.75) is 19.6 Å². The van der Waals surface area contributed by atoms with Crippen molar-refractivity contribution in [2.75, 3.05) is 0 Å². The lowest BCUT2D eigenvalue weighted by Gasteiger charge is -2.15. The van der Waals surface area contributed by atoms with E-state index in [2.05, 4.69) is 15.2 Å². The zero-order valence-corrected chi connectivity index (χ0v) is 15.3. The largest absolute Gasteiger partial charge is 0.450 e. The minimum atomic E-state index is -0.546. The van der Waals surface area contributed by atoms with Crippen LogP contribution in [-0.4, -0.2) is 25.7 Å². The van der Waals surface area contributed by atoms with Gasteiger partial charge < -0.3 is 9.30 Å². The van der Waals surface area contributed by atoms with Gasteiger partial charge in [0.05, 0.1) is 11.0 Å². The summed E-state index contributed by atoms with van der Waals surface area (Å²) in [7, 11) is 0. The highest BCUT2D eigenvalue weighted by atomic mass is 35.5. The Morgan fingerprint density at radius 2 is 2.04 bits per heavy atom. The number of hydrogen-bond acceptors (Lipinski definition) is 4. The fourth-order valence-electron chi connectivity index (χ4n) is 3.01. The molecule has 0 aliphatic heterocycles. The number of nitrogens with one attached hydrogen (secondary N) is 1. The summed E-state index contributed by atoms with van der Waals surface area (Å²) >= 11 is 6.13. The van der Waals surface area contributed by atoms with Crippen LogP contribution in [0.3, 0.4) is 0 Å². The molecule has 0 amide bonds. The molecular weight excluding hydrogens is 364 g/mol. The standard InChI is InChI=1S/C20H17ClN4O2/c1-13(27-20(26)16-9-10-22-24-16)19-23-17-11-15(21)7-8-18(17)25(19)12-14-5-3-2-4-6-14/h2-11,13H,12H2,1H3,(H,22,24). The average Bonchev–Trinajstić information content (AvgIpc) is 3.31. The van der Waals surface area contributed by atoms with Gasteiger partial charge in [-0.15, -0.1) is 0 Å². The number of carbonyl (C=O) groups is 1. The van der Waals surface area contributed by atoms with Crippen molar-refractivity contribution in [1.29, 1.82) is 0 Å². The minimum absolute atomic E-state index is 0.301. The van der Waals surface area contributed by atoms with Crippen LogP contribution < -0.4 is 0 Å². The van der Waals surface area contributed by atoms with Gasteiger partial charge in [0.2, 0.25) is 0 Å². The van der Waals surface area contributed by atoms with E-state index in [0.717, 1.165) is 16.6 Å². The van der Waals surface area contributed by atoms with Gasteiger partial charge in [-0.2, -0.15) is 5.10 Å². The summed E-state index contributed by atoms with van der Waals surface area (Å²) in [5, 5.41) is 7.00. The van der Waals surface area contributed by atoms with Gasteiger partial charge in [-0.05, 0) is 36.8 Å². The molecule has 2 aromatic carbocycles. The first-order valence-electron chi connectivity index (χ1n) is 8.52. The van der Waals surface area contributed by atoms with Crippen molar-refractivity contribution in [2.24, 2.45) is 0 Å². The molecular formula is C20H17ClN4O2. The molecule has 0 saturated carbocycles. The number of aromatic nitrogens is 4. The Balaban J connectivity index is 1.72. The molecule has 2 heterocycles. The van der Waals surface area contributed by atoms with Crippen LogP contribution in [0, 0.1) is 0 Å². The summed E-state index contributed by atoms with van der Waals surface area (Å²) in [6, 6.07) is 17.2. The predicted molar refractivity (Wildman–Crippen MR) is 103 cm³/mol. The molecule has 7 heteroatoms. The molecule has 0 bridgehead atoms. The van der Waals surface area contributed by atoms with Gasteiger partial charge >= 0.3 is 5.97 Å². The number of rotatable bonds is 5. The molecule has 0 aliphatic rings. The van der Waals surface area contributed by atoms with Crippen molar-refractivity contribution >= 4 is 28.6 Å². The third-order valence-electron chi connectivity index (χ3n) is 4.29. The topological polar surface area (TPSA) is 72.8 Å². The first kappa shape index (κ1) is 17.3. The predicted octanol–water partition coefficient (Wildman–Crippen LogP) is 4.38. The molecule has 2 aromatic heterocycles. The Morgan fingerprint density at radius 1 is 1.22 bits per heavy atom. The fourth-order valence-corrected chi connectivity index (χ4v) is 3.18. The van der Waals surface area contributed by atoms with E-state index in [1.807, 2.05) is 53.1 Å². The highest BCUT2D eigenvalue weighted by Crippen LogP contribution is 2.27. The first-order chi connectivity index (χ1) is 13.1. The first-order valence-corrected chi connectivity index (χ1v) is 8.89. The maximum atomic E-state index is 12.3. The van der Waals surface area contributed by atoms with Crippen molar-refractivity contribution in [3.05, 3.63) is 82.9 Å². The number of hydrogen-bond donors (Lipinski definition) is 1. The Kier molecular flexibility index (Phi) is 4.64. The minimum Gasteiger partial charge on any atom is -0.450 e. The maximum Gasteiger partial charge on any atom is 0.357 e. The van der Waals surface area contributed by atoms with E-state index in [1.165, 1.54) is 6.20 Å². The number of nitrogens with zero attached hydrogens (tertiary/aromatic N) is 3. The van der Waals surface area contributed by atoms with Crippen LogP contribution in [0.1, 0.15) is 34.9 Å². The van der Waals surface area contributed by atoms with Crippen LogP contribution in [0.2, 0.25) is 5.02 Å². The van der Waals surface area contributed by atoms with Gasteiger partial charge in [-0.1, -0.05) is 41.9 Å². The van der Waals surface area contributed by atoms with Gasteiger partial charge in [0, 0.05) is 17.8 Å². The molecule has 0 fully saturated rings. The quantitative estimate of drug-likeness (QED) is 0.521. The van der Waals surface area contributed by atoms with E-state index in [4.69, 9.17) is 16.3 Å². The van der Waals surface area contributed by atoms with E-state index >= 15 is 0 Å². The highest BCUT2D eigenvalue weighted by molar-refractivity contribution is 6.31. The van der Waals surface area contributed by atoms with Crippen molar-refractivity contribution in [3.8, 4) is 0 Å². The molecule has 4 rings (SSSR count). The van der Waals surface area contributed by atoms with Gasteiger partial charge in [0.1, 0.15) is 5.69 Å². The van der Waals surface area contributed by atoms with Crippen molar-refractivity contribution in [1.82, 2.24) is 19.7 Å². The lowest BCUT2D eigenvalue weighted by atomic mass is 10.2. The molecule has 0 spiro atoms. The van der Waals surface area contributed by atoms with Crippen LogP contribution in [0.5, 0.6) is 0 Å². The fraction of sp³-hybridized carbons (Fsp3) is 0.150. The van der Waals surface area contributed by atoms with Crippen LogP contribution in [0.25, 0.3) is 11.0 Å². The van der Waals surface area contributed by atoms with Gasteiger partial charge in [-0.25, -0.2) is 9.78 Å².